The summed E-state index contributed by atoms with van der Waals surface area (Å²) in [4.78, 5) is 53.5. The quantitative estimate of drug-likeness (QED) is 0.0503. The number of carboxylic acids is 3. The molecule has 0 aromatic heterocycles. The van der Waals surface area contributed by atoms with Crippen LogP contribution in [-0.2, 0) is 34.4 Å². The molecule has 1 aliphatic rings. The summed E-state index contributed by atoms with van der Waals surface area (Å²) >= 11 is 0. The van der Waals surface area contributed by atoms with Crippen molar-refractivity contribution in [3.8, 4) is 0 Å². The highest BCUT2D eigenvalue weighted by Crippen LogP contribution is 2.38. The Morgan fingerprint density at radius 3 is 1.27 bits per heavy atom. The van der Waals surface area contributed by atoms with E-state index in [0.717, 1.165) is 37.8 Å². The number of hydrogen-bond donors (Lipinski definition) is 3. The van der Waals surface area contributed by atoms with Gasteiger partial charge in [0.15, 0.2) is 6.61 Å². The van der Waals surface area contributed by atoms with Crippen molar-refractivity contribution in [2.45, 2.75) is 109 Å². The molecule has 0 spiro atoms. The molecule has 2 rings (SSSR count). The molecule has 55 heavy (non-hydrogen) atoms. The number of benzene rings is 1. The number of carbonyl (C=O) groups is 3. The van der Waals surface area contributed by atoms with Crippen LogP contribution in [0, 0.1) is 6.92 Å². The second-order valence-corrected chi connectivity index (χ2v) is 16.1. The van der Waals surface area contributed by atoms with Gasteiger partial charge in [-0.25, -0.2) is 0 Å². The van der Waals surface area contributed by atoms with Crippen LogP contribution in [0.15, 0.2) is 24.3 Å². The van der Waals surface area contributed by atoms with Gasteiger partial charge in [-0.05, 0) is 37.0 Å². The van der Waals surface area contributed by atoms with Gasteiger partial charge in [-0.2, -0.15) is 0 Å². The summed E-state index contributed by atoms with van der Waals surface area (Å²) in [6, 6.07) is 8.55. The smallest absolute Gasteiger partial charge is 0.317 e. The Morgan fingerprint density at radius 1 is 0.564 bits per heavy atom. The highest BCUT2D eigenvalue weighted by atomic mass is 31.2. The molecule has 1 atom stereocenters. The number of unbranched alkanes of at least 4 members (excludes halogenated alkanes) is 15. The van der Waals surface area contributed by atoms with Crippen LogP contribution in [0.4, 0.5) is 5.69 Å². The SMILES string of the molecule is [CH2+]COP(=O)([O-])OCCCCCCCCCCCCCCCCCCc1ccc(N2CCN(CC(=O)O)CCN(CC(=O)O)CCN(CC(=O)O)CC2)cc1. The number of phosphoric ester groups is 1. The fourth-order valence-electron chi connectivity index (χ4n) is 6.95. The van der Waals surface area contributed by atoms with Gasteiger partial charge in [0.2, 0.25) is 0 Å². The topological polar surface area (TPSA) is 183 Å². The normalized spacial score (nSPS) is 16.6. The molecule has 1 aromatic carbocycles. The fraction of sp³-hybridized carbons (Fsp3) is 0.750. The molecule has 314 valence electrons. The van der Waals surface area contributed by atoms with Crippen LogP contribution in [0.25, 0.3) is 0 Å². The van der Waals surface area contributed by atoms with Crippen LogP contribution in [0.1, 0.15) is 108 Å². The first kappa shape index (κ1) is 48.4. The maximum Gasteiger partial charge on any atom is 0.317 e. The van der Waals surface area contributed by atoms with Gasteiger partial charge in [0, 0.05) is 58.0 Å². The second-order valence-electron chi connectivity index (χ2n) is 14.7. The first-order valence-electron chi connectivity index (χ1n) is 20.5. The van der Waals surface area contributed by atoms with Gasteiger partial charge in [-0.15, -0.1) is 0 Å². The maximum atomic E-state index is 11.6. The van der Waals surface area contributed by atoms with E-state index in [2.05, 4.69) is 40.6 Å². The van der Waals surface area contributed by atoms with E-state index in [1.165, 1.54) is 82.6 Å². The predicted molar refractivity (Wildman–Crippen MR) is 213 cm³/mol. The number of aliphatic carboxylic acids is 3. The van der Waals surface area contributed by atoms with Gasteiger partial charge in [0.25, 0.3) is 7.82 Å². The number of phosphoric acid groups is 1. The third-order valence-electron chi connectivity index (χ3n) is 10.1. The molecule has 14 nitrogen and oxygen atoms in total. The van der Waals surface area contributed by atoms with E-state index in [0.29, 0.717) is 52.4 Å². The molecule has 3 N–H and O–H groups in total. The molecule has 1 saturated heterocycles. The van der Waals surface area contributed by atoms with E-state index >= 15 is 0 Å². The van der Waals surface area contributed by atoms with Gasteiger partial charge in [-0.1, -0.05) is 102 Å². The van der Waals surface area contributed by atoms with E-state index in [1.807, 2.05) is 9.80 Å². The van der Waals surface area contributed by atoms with E-state index < -0.39 is 25.7 Å². The van der Waals surface area contributed by atoms with Gasteiger partial charge in [0.05, 0.1) is 33.2 Å². The van der Waals surface area contributed by atoms with Gasteiger partial charge >= 0.3 is 17.9 Å². The highest BCUT2D eigenvalue weighted by molar-refractivity contribution is 7.45. The molecule has 15 heteroatoms. The molecule has 1 aliphatic heterocycles. The third kappa shape index (κ3) is 25.2. The molecule has 1 unspecified atom stereocenters. The molecular formula is C40H69N4O10P. The van der Waals surface area contributed by atoms with Gasteiger partial charge < -0.3 is 29.6 Å². The Hall–Kier alpha value is -2.71. The average molecular weight is 797 g/mol. The summed E-state index contributed by atoms with van der Waals surface area (Å²) in [5, 5.41) is 28.4. The van der Waals surface area contributed by atoms with Crippen molar-refractivity contribution in [2.24, 2.45) is 0 Å². The Balaban J connectivity index is 1.62. The molecular weight excluding hydrogens is 727 g/mol. The summed E-state index contributed by atoms with van der Waals surface area (Å²) in [6.07, 6.45) is 20.2. The highest BCUT2D eigenvalue weighted by Gasteiger charge is 2.20. The predicted octanol–water partition coefficient (Wildman–Crippen LogP) is 5.79. The minimum absolute atomic E-state index is 0.130. The lowest BCUT2D eigenvalue weighted by Crippen LogP contribution is -2.48. The van der Waals surface area contributed by atoms with Crippen molar-refractivity contribution in [3.05, 3.63) is 36.8 Å². The van der Waals surface area contributed by atoms with Crippen molar-refractivity contribution in [1.82, 2.24) is 14.7 Å². The van der Waals surface area contributed by atoms with Crippen LogP contribution in [0.2, 0.25) is 0 Å². The minimum Gasteiger partial charge on any atom is -0.756 e. The second kappa shape index (κ2) is 29.5. The number of nitrogens with zero attached hydrogens (tertiary/aromatic N) is 4. The lowest BCUT2D eigenvalue weighted by molar-refractivity contribution is -0.224. The van der Waals surface area contributed by atoms with Gasteiger partial charge in [0.1, 0.15) is 0 Å². The Kier molecular flexibility index (Phi) is 26.0. The monoisotopic (exact) mass is 796 g/mol. The number of aryl methyl sites for hydroxylation is 1. The number of anilines is 1. The molecule has 0 amide bonds. The molecule has 1 heterocycles. The number of rotatable bonds is 29. The zero-order valence-electron chi connectivity index (χ0n) is 33.2. The Labute approximate surface area is 329 Å². The summed E-state index contributed by atoms with van der Waals surface area (Å²) in [5.41, 5.74) is 2.31. The molecule has 0 saturated carbocycles. The fourth-order valence-corrected chi connectivity index (χ4v) is 7.60. The zero-order chi connectivity index (χ0) is 40.2. The lowest BCUT2D eigenvalue weighted by Gasteiger charge is -2.34. The lowest BCUT2D eigenvalue weighted by atomic mass is 10.0. The number of carboxylic acid groups (broad SMARTS) is 3. The third-order valence-corrected chi connectivity index (χ3v) is 11.1. The van der Waals surface area contributed by atoms with Crippen molar-refractivity contribution < 1.29 is 48.2 Å². The molecule has 1 fully saturated rings. The standard InChI is InChI=1S/C40H69N4O10P/c1-2-53-55(51,52)54-32-18-16-14-12-10-8-6-4-3-5-7-9-11-13-15-17-19-36-20-22-37(23-21-36)44-30-28-42(34-39(47)48)26-24-41(33-38(45)46)25-27-43(29-31-44)35-40(49)50/h20-23H,1-19,24-35H2,(H3-,45,46,47,48,49,50,51,52). The van der Waals surface area contributed by atoms with Crippen LogP contribution >= 0.6 is 7.82 Å². The zero-order valence-corrected chi connectivity index (χ0v) is 34.1. The summed E-state index contributed by atoms with van der Waals surface area (Å²) in [5.74, 6) is -2.82. The van der Waals surface area contributed by atoms with Crippen LogP contribution < -0.4 is 9.79 Å². The minimum atomic E-state index is -4.16. The molecule has 1 aromatic rings. The van der Waals surface area contributed by atoms with E-state index in [4.69, 9.17) is 4.52 Å². The van der Waals surface area contributed by atoms with E-state index in [9.17, 15) is 39.2 Å². The molecule has 0 aliphatic carbocycles. The molecule has 0 bridgehead atoms. The summed E-state index contributed by atoms with van der Waals surface area (Å²) in [7, 11) is -4.16. The van der Waals surface area contributed by atoms with Crippen LogP contribution in [0.3, 0.4) is 0 Å². The Morgan fingerprint density at radius 2 is 0.909 bits per heavy atom. The van der Waals surface area contributed by atoms with Crippen molar-refractivity contribution in [3.63, 3.8) is 0 Å². The van der Waals surface area contributed by atoms with Crippen molar-refractivity contribution in [2.75, 3.05) is 90.1 Å². The molecule has 0 radical (unpaired) electrons. The van der Waals surface area contributed by atoms with Crippen molar-refractivity contribution >= 4 is 31.4 Å². The first-order chi connectivity index (χ1) is 26.5. The maximum absolute atomic E-state index is 11.6. The number of hydrogen-bond acceptors (Lipinski definition) is 11. The van der Waals surface area contributed by atoms with Crippen LogP contribution in [0.5, 0.6) is 0 Å². The summed E-state index contributed by atoms with van der Waals surface area (Å²) in [6.45, 7) is 6.62. The van der Waals surface area contributed by atoms with Crippen LogP contribution in [-0.4, -0.2) is 133 Å². The van der Waals surface area contributed by atoms with E-state index in [1.54, 1.807) is 4.90 Å². The largest absolute Gasteiger partial charge is 0.756 e. The Bertz CT molecular complexity index is 1210. The summed E-state index contributed by atoms with van der Waals surface area (Å²) < 4.78 is 20.5. The average Bonchev–Trinajstić information content (AvgIpc) is 3.12. The van der Waals surface area contributed by atoms with E-state index in [-0.39, 0.29) is 32.8 Å². The van der Waals surface area contributed by atoms with Gasteiger partial charge in [-0.3, -0.25) is 38.2 Å². The van der Waals surface area contributed by atoms with Crippen molar-refractivity contribution in [1.29, 1.82) is 0 Å². The first-order valence-corrected chi connectivity index (χ1v) is 22.0.